The molecule has 2 saturated heterocycles. The molecule has 0 radical (unpaired) electrons. The quantitative estimate of drug-likeness (QED) is 0.749. The van der Waals surface area contributed by atoms with Crippen molar-refractivity contribution in [1.29, 1.82) is 0 Å². The zero-order valence-corrected chi connectivity index (χ0v) is 12.0. The summed E-state index contributed by atoms with van der Waals surface area (Å²) in [7, 11) is -2.99. The van der Waals surface area contributed by atoms with Crippen LogP contribution in [-0.4, -0.2) is 56.7 Å². The van der Waals surface area contributed by atoms with Crippen LogP contribution in [0.2, 0.25) is 0 Å². The van der Waals surface area contributed by atoms with Crippen LogP contribution in [-0.2, 0) is 10.0 Å². The number of hydrogen-bond acceptors (Lipinski definition) is 4. The van der Waals surface area contributed by atoms with Crippen LogP contribution in [0.5, 0.6) is 0 Å². The second kappa shape index (κ2) is 6.32. The molecule has 0 amide bonds. The second-order valence-corrected chi connectivity index (χ2v) is 7.43. The van der Waals surface area contributed by atoms with Crippen molar-refractivity contribution in [2.75, 3.05) is 31.9 Å². The summed E-state index contributed by atoms with van der Waals surface area (Å²) >= 11 is 0. The van der Waals surface area contributed by atoms with Gasteiger partial charge in [-0.2, -0.15) is 0 Å². The highest BCUT2D eigenvalue weighted by atomic mass is 32.2. The molecular weight excluding hydrogens is 250 g/mol. The van der Waals surface area contributed by atoms with Crippen molar-refractivity contribution < 1.29 is 8.42 Å². The molecule has 0 aromatic rings. The Hall–Kier alpha value is -0.170. The second-order valence-electron chi connectivity index (χ2n) is 5.35. The van der Waals surface area contributed by atoms with Crippen LogP contribution >= 0.6 is 0 Å². The molecule has 0 aromatic carbocycles. The van der Waals surface area contributed by atoms with Gasteiger partial charge in [0.1, 0.15) is 0 Å². The standard InChI is InChI=1S/C12H25N3O2S/c1-2-9-18(16,17)15-7-4-11(5-8-15)14-12-3-6-13-10-12/h11-14H,2-10H2,1H3. The molecule has 2 N–H and O–H groups in total. The molecule has 18 heavy (non-hydrogen) atoms. The molecule has 1 unspecified atom stereocenters. The Balaban J connectivity index is 1.77. The van der Waals surface area contributed by atoms with E-state index in [1.54, 1.807) is 4.31 Å². The molecule has 0 saturated carbocycles. The first-order valence-corrected chi connectivity index (χ1v) is 8.67. The molecule has 0 aromatic heterocycles. The third kappa shape index (κ3) is 3.66. The molecule has 2 rings (SSSR count). The maximum Gasteiger partial charge on any atom is 0.214 e. The van der Waals surface area contributed by atoms with E-state index < -0.39 is 10.0 Å². The highest BCUT2D eigenvalue weighted by Crippen LogP contribution is 2.16. The van der Waals surface area contributed by atoms with Crippen molar-refractivity contribution >= 4 is 10.0 Å². The molecule has 2 aliphatic rings. The summed E-state index contributed by atoms with van der Waals surface area (Å²) in [6.07, 6.45) is 3.78. The van der Waals surface area contributed by atoms with Gasteiger partial charge in [0, 0.05) is 31.7 Å². The van der Waals surface area contributed by atoms with E-state index in [1.807, 2.05) is 6.92 Å². The van der Waals surface area contributed by atoms with Crippen LogP contribution in [0.3, 0.4) is 0 Å². The maximum absolute atomic E-state index is 11.9. The number of nitrogens with one attached hydrogen (secondary N) is 2. The number of hydrogen-bond donors (Lipinski definition) is 2. The fourth-order valence-electron chi connectivity index (χ4n) is 2.82. The van der Waals surface area contributed by atoms with Gasteiger partial charge in [-0.3, -0.25) is 0 Å². The predicted molar refractivity (Wildman–Crippen MR) is 73.1 cm³/mol. The minimum Gasteiger partial charge on any atom is -0.315 e. The van der Waals surface area contributed by atoms with Crippen molar-refractivity contribution in [1.82, 2.24) is 14.9 Å². The lowest BCUT2D eigenvalue weighted by Crippen LogP contribution is -2.48. The summed E-state index contributed by atoms with van der Waals surface area (Å²) in [5.74, 6) is 0.289. The lowest BCUT2D eigenvalue weighted by Gasteiger charge is -2.33. The first-order valence-electron chi connectivity index (χ1n) is 7.06. The summed E-state index contributed by atoms with van der Waals surface area (Å²) in [6.45, 7) is 5.43. The zero-order chi connectivity index (χ0) is 13.0. The van der Waals surface area contributed by atoms with Crippen molar-refractivity contribution in [3.8, 4) is 0 Å². The minimum atomic E-state index is -2.99. The Morgan fingerprint density at radius 2 is 1.94 bits per heavy atom. The molecule has 2 heterocycles. The van der Waals surface area contributed by atoms with Gasteiger partial charge in [-0.1, -0.05) is 6.92 Å². The molecular formula is C12H25N3O2S. The Morgan fingerprint density at radius 3 is 2.50 bits per heavy atom. The van der Waals surface area contributed by atoms with Gasteiger partial charge in [0.15, 0.2) is 0 Å². The van der Waals surface area contributed by atoms with Crippen LogP contribution in [0.15, 0.2) is 0 Å². The average molecular weight is 275 g/mol. The first kappa shape index (κ1) is 14.2. The number of rotatable bonds is 5. The lowest BCUT2D eigenvalue weighted by atomic mass is 10.1. The fourth-order valence-corrected chi connectivity index (χ4v) is 4.36. The van der Waals surface area contributed by atoms with Crippen LogP contribution in [0, 0.1) is 0 Å². The van der Waals surface area contributed by atoms with Crippen molar-refractivity contribution in [2.24, 2.45) is 0 Å². The molecule has 0 spiro atoms. The first-order chi connectivity index (χ1) is 8.62. The summed E-state index contributed by atoms with van der Waals surface area (Å²) in [5.41, 5.74) is 0. The van der Waals surface area contributed by atoms with E-state index in [4.69, 9.17) is 0 Å². The number of nitrogens with zero attached hydrogens (tertiary/aromatic N) is 1. The summed E-state index contributed by atoms with van der Waals surface area (Å²) in [5, 5.41) is 6.98. The number of piperidine rings is 1. The molecule has 6 heteroatoms. The minimum absolute atomic E-state index is 0.289. The van der Waals surface area contributed by atoms with Gasteiger partial charge in [-0.15, -0.1) is 0 Å². The van der Waals surface area contributed by atoms with Crippen molar-refractivity contribution in [3.63, 3.8) is 0 Å². The highest BCUT2D eigenvalue weighted by Gasteiger charge is 2.28. The molecule has 0 aliphatic carbocycles. The smallest absolute Gasteiger partial charge is 0.214 e. The van der Waals surface area contributed by atoms with Crippen LogP contribution < -0.4 is 10.6 Å². The Morgan fingerprint density at radius 1 is 1.22 bits per heavy atom. The van der Waals surface area contributed by atoms with Crippen molar-refractivity contribution in [2.45, 2.75) is 44.7 Å². The van der Waals surface area contributed by atoms with E-state index in [1.165, 1.54) is 6.42 Å². The topological polar surface area (TPSA) is 61.4 Å². The Labute approximate surface area is 110 Å². The van der Waals surface area contributed by atoms with Gasteiger partial charge in [0.05, 0.1) is 5.75 Å². The summed E-state index contributed by atoms with van der Waals surface area (Å²) in [6, 6.07) is 1.07. The fraction of sp³-hybridized carbons (Fsp3) is 1.00. The van der Waals surface area contributed by atoms with E-state index in [9.17, 15) is 8.42 Å². The largest absolute Gasteiger partial charge is 0.315 e. The normalized spacial score (nSPS) is 27.7. The molecule has 106 valence electrons. The predicted octanol–water partition coefficient (Wildman–Crippen LogP) is 0.142. The van der Waals surface area contributed by atoms with E-state index in [2.05, 4.69) is 10.6 Å². The van der Waals surface area contributed by atoms with Gasteiger partial charge in [0.2, 0.25) is 10.0 Å². The maximum atomic E-state index is 11.9. The Kier molecular flexibility index (Phi) is 5.00. The number of sulfonamides is 1. The molecule has 5 nitrogen and oxygen atoms in total. The van der Waals surface area contributed by atoms with E-state index in [0.717, 1.165) is 25.9 Å². The average Bonchev–Trinajstić information content (AvgIpc) is 2.82. The van der Waals surface area contributed by atoms with E-state index in [-0.39, 0.29) is 5.75 Å². The molecule has 2 fully saturated rings. The summed E-state index contributed by atoms with van der Waals surface area (Å²) < 4.78 is 25.5. The van der Waals surface area contributed by atoms with Gasteiger partial charge >= 0.3 is 0 Å². The van der Waals surface area contributed by atoms with Gasteiger partial charge < -0.3 is 10.6 Å². The van der Waals surface area contributed by atoms with Gasteiger partial charge in [-0.25, -0.2) is 12.7 Å². The zero-order valence-electron chi connectivity index (χ0n) is 11.2. The third-order valence-electron chi connectivity index (χ3n) is 3.84. The van der Waals surface area contributed by atoms with E-state index in [0.29, 0.717) is 31.6 Å². The Bertz CT molecular complexity index is 344. The summed E-state index contributed by atoms with van der Waals surface area (Å²) in [4.78, 5) is 0. The molecule has 2 aliphatic heterocycles. The molecule has 0 bridgehead atoms. The molecule has 1 atom stereocenters. The van der Waals surface area contributed by atoms with Crippen molar-refractivity contribution in [3.05, 3.63) is 0 Å². The van der Waals surface area contributed by atoms with Crippen LogP contribution in [0.4, 0.5) is 0 Å². The van der Waals surface area contributed by atoms with Crippen LogP contribution in [0.25, 0.3) is 0 Å². The SMILES string of the molecule is CCCS(=O)(=O)N1CCC(NC2CCNC2)CC1. The monoisotopic (exact) mass is 275 g/mol. The van der Waals surface area contributed by atoms with E-state index >= 15 is 0 Å². The lowest BCUT2D eigenvalue weighted by molar-refractivity contribution is 0.276. The third-order valence-corrected chi connectivity index (χ3v) is 5.92. The van der Waals surface area contributed by atoms with Gasteiger partial charge in [0.25, 0.3) is 0 Å². The van der Waals surface area contributed by atoms with Crippen LogP contribution in [0.1, 0.15) is 32.6 Å². The highest BCUT2D eigenvalue weighted by molar-refractivity contribution is 7.89. The van der Waals surface area contributed by atoms with Gasteiger partial charge in [-0.05, 0) is 32.2 Å².